The molecule has 3 rings (SSSR count). The molecule has 0 saturated heterocycles. The highest BCUT2D eigenvalue weighted by Gasteiger charge is 2.26. The number of amides is 1. The van der Waals surface area contributed by atoms with E-state index in [0.29, 0.717) is 36.3 Å². The van der Waals surface area contributed by atoms with Gasteiger partial charge in [-0.05, 0) is 61.8 Å². The number of nitrogens with zero attached hydrogens (tertiary/aromatic N) is 1. The number of carboxylic acid groups (broad SMARTS) is 1. The molecule has 1 saturated carbocycles. The van der Waals surface area contributed by atoms with E-state index in [1.165, 1.54) is 4.90 Å². The normalized spacial score (nSPS) is 18.2. The number of hydrogen-bond donors (Lipinski definition) is 1. The summed E-state index contributed by atoms with van der Waals surface area (Å²) in [6, 6.07) is 16.7. The fourth-order valence-corrected chi connectivity index (χ4v) is 3.87. The second-order valence-electron chi connectivity index (χ2n) is 7.72. The number of ether oxygens (including phenoxy) is 3. The maximum Gasteiger partial charge on any atom is 0.419 e. The zero-order chi connectivity index (χ0) is 22.1. The van der Waals surface area contributed by atoms with Crippen LogP contribution in [0, 0.1) is 11.8 Å². The Morgan fingerprint density at radius 1 is 0.935 bits per heavy atom. The van der Waals surface area contributed by atoms with Crippen molar-refractivity contribution in [2.45, 2.75) is 25.7 Å². The van der Waals surface area contributed by atoms with Crippen molar-refractivity contribution in [3.63, 3.8) is 0 Å². The Kier molecular flexibility index (Phi) is 8.29. The minimum absolute atomic E-state index is 0.254. The highest BCUT2D eigenvalue weighted by atomic mass is 16.6. The minimum atomic E-state index is -0.946. The molecule has 0 radical (unpaired) electrons. The van der Waals surface area contributed by atoms with Gasteiger partial charge in [0.05, 0.1) is 31.7 Å². The smallest absolute Gasteiger partial charge is 0.419 e. The number of benzene rings is 2. The molecule has 0 spiro atoms. The molecular formula is C24H29NO6. The minimum Gasteiger partial charge on any atom is -0.495 e. The molecule has 7 heteroatoms. The summed E-state index contributed by atoms with van der Waals surface area (Å²) < 4.78 is 16.4. The Morgan fingerprint density at radius 3 is 2.19 bits per heavy atom. The van der Waals surface area contributed by atoms with Crippen molar-refractivity contribution in [3.8, 4) is 5.75 Å². The van der Waals surface area contributed by atoms with Crippen molar-refractivity contribution in [1.29, 1.82) is 0 Å². The summed E-state index contributed by atoms with van der Waals surface area (Å²) >= 11 is 0. The molecule has 0 atom stereocenters. The average molecular weight is 427 g/mol. The maximum absolute atomic E-state index is 13.1. The molecule has 2 aromatic carbocycles. The number of anilines is 2. The third-order valence-electron chi connectivity index (χ3n) is 5.51. The molecule has 0 heterocycles. The molecule has 0 unspecified atom stereocenters. The molecular weight excluding hydrogens is 398 g/mol. The second-order valence-corrected chi connectivity index (χ2v) is 7.72. The summed E-state index contributed by atoms with van der Waals surface area (Å²) in [6.45, 7) is 0.560. The van der Waals surface area contributed by atoms with E-state index in [1.54, 1.807) is 7.11 Å². The van der Waals surface area contributed by atoms with Gasteiger partial charge in [0.15, 0.2) is 0 Å². The van der Waals surface area contributed by atoms with Gasteiger partial charge in [-0.2, -0.15) is 0 Å². The summed E-state index contributed by atoms with van der Waals surface area (Å²) in [4.78, 5) is 25.2. The topological polar surface area (TPSA) is 85.3 Å². The van der Waals surface area contributed by atoms with Crippen molar-refractivity contribution in [2.24, 2.45) is 11.8 Å². The maximum atomic E-state index is 13.1. The van der Waals surface area contributed by atoms with E-state index in [1.807, 2.05) is 54.6 Å². The molecule has 31 heavy (non-hydrogen) atoms. The van der Waals surface area contributed by atoms with Crippen LogP contribution in [0.15, 0.2) is 54.6 Å². The molecule has 166 valence electrons. The zero-order valence-electron chi connectivity index (χ0n) is 17.7. The number of methoxy groups -OCH3 is 1. The van der Waals surface area contributed by atoms with E-state index in [-0.39, 0.29) is 12.5 Å². The van der Waals surface area contributed by atoms with Crippen LogP contribution in [0.1, 0.15) is 25.7 Å². The van der Waals surface area contributed by atoms with Gasteiger partial charge in [0.1, 0.15) is 12.4 Å². The van der Waals surface area contributed by atoms with Crippen LogP contribution in [0.25, 0.3) is 0 Å². The van der Waals surface area contributed by atoms with Gasteiger partial charge in [-0.3, -0.25) is 0 Å². The Balaban J connectivity index is 1.59. The van der Waals surface area contributed by atoms with Crippen molar-refractivity contribution in [1.82, 2.24) is 0 Å². The van der Waals surface area contributed by atoms with Gasteiger partial charge in [0, 0.05) is 0 Å². The number of hydrogen-bond acceptors (Lipinski definition) is 5. The number of carboxylic acids is 1. The molecule has 0 aliphatic heterocycles. The third kappa shape index (κ3) is 6.46. The quantitative estimate of drug-likeness (QED) is 0.614. The number of aliphatic carboxylic acids is 1. The number of carbonyl (C=O) groups is 2. The summed E-state index contributed by atoms with van der Waals surface area (Å²) in [5, 5.41) is 8.66. The highest BCUT2D eigenvalue weighted by Crippen LogP contribution is 2.35. The lowest BCUT2D eigenvalue weighted by Crippen LogP contribution is -2.30. The molecule has 7 nitrogen and oxygen atoms in total. The van der Waals surface area contributed by atoms with Crippen molar-refractivity contribution < 1.29 is 28.9 Å². The molecule has 1 aliphatic carbocycles. The standard InChI is InChI=1S/C24H29NO6/c1-29-22-10-6-5-9-21(22)25(20-7-3-2-4-8-20)24(28)31-16-19-13-11-18(12-14-19)15-30-17-23(26)27/h2-10,18-19H,11-17H2,1H3,(H,26,27)/t18-,19+. The number of carbonyl (C=O) groups excluding carboxylic acids is 1. The Bertz CT molecular complexity index is 848. The first-order valence-electron chi connectivity index (χ1n) is 10.5. The van der Waals surface area contributed by atoms with Crippen molar-refractivity contribution in [3.05, 3.63) is 54.6 Å². The van der Waals surface area contributed by atoms with Crippen molar-refractivity contribution in [2.75, 3.05) is 31.8 Å². The summed E-state index contributed by atoms with van der Waals surface area (Å²) in [7, 11) is 1.58. The van der Waals surface area contributed by atoms with E-state index in [4.69, 9.17) is 19.3 Å². The van der Waals surface area contributed by atoms with Crippen molar-refractivity contribution >= 4 is 23.4 Å². The number of para-hydroxylation sites is 3. The van der Waals surface area contributed by atoms with Gasteiger partial charge < -0.3 is 19.3 Å². The monoisotopic (exact) mass is 427 g/mol. The van der Waals surface area contributed by atoms with Crippen LogP contribution in [-0.4, -0.2) is 44.1 Å². The lowest BCUT2D eigenvalue weighted by Gasteiger charge is -2.29. The van der Waals surface area contributed by atoms with E-state index in [2.05, 4.69) is 0 Å². The molecule has 1 aliphatic rings. The molecule has 0 bridgehead atoms. The Labute approximate surface area is 182 Å². The SMILES string of the molecule is COc1ccccc1N(C(=O)OC[C@H]1CC[C@@H](COCC(=O)O)CC1)c1ccccc1. The lowest BCUT2D eigenvalue weighted by molar-refractivity contribution is -0.142. The third-order valence-corrected chi connectivity index (χ3v) is 5.51. The molecule has 1 N–H and O–H groups in total. The predicted octanol–water partition coefficient (Wildman–Crippen LogP) is 4.88. The van der Waals surface area contributed by atoms with Gasteiger partial charge in [0.2, 0.25) is 0 Å². The van der Waals surface area contributed by atoms with Gasteiger partial charge in [0.25, 0.3) is 0 Å². The van der Waals surface area contributed by atoms with Crippen LogP contribution < -0.4 is 9.64 Å². The molecule has 1 fully saturated rings. The van der Waals surface area contributed by atoms with E-state index in [0.717, 1.165) is 25.7 Å². The van der Waals surface area contributed by atoms with Crippen LogP contribution in [0.3, 0.4) is 0 Å². The van der Waals surface area contributed by atoms with E-state index >= 15 is 0 Å². The first kappa shape index (κ1) is 22.6. The summed E-state index contributed by atoms with van der Waals surface area (Å²) in [5.41, 5.74) is 1.33. The fraction of sp³-hybridized carbons (Fsp3) is 0.417. The van der Waals surface area contributed by atoms with Gasteiger partial charge >= 0.3 is 12.1 Å². The fourth-order valence-electron chi connectivity index (χ4n) is 3.87. The molecule has 2 aromatic rings. The van der Waals surface area contributed by atoms with Crippen LogP contribution in [0.2, 0.25) is 0 Å². The second kappa shape index (κ2) is 11.4. The summed E-state index contributed by atoms with van der Waals surface area (Å²) in [5.74, 6) is 0.291. The molecule has 0 aromatic heterocycles. The van der Waals surface area contributed by atoms with E-state index < -0.39 is 12.1 Å². The lowest BCUT2D eigenvalue weighted by atomic mass is 9.83. The Hall–Kier alpha value is -3.06. The number of rotatable bonds is 9. The Morgan fingerprint density at radius 2 is 1.55 bits per heavy atom. The first-order valence-corrected chi connectivity index (χ1v) is 10.5. The van der Waals surface area contributed by atoms with Crippen LogP contribution >= 0.6 is 0 Å². The van der Waals surface area contributed by atoms with Gasteiger partial charge in [-0.15, -0.1) is 0 Å². The van der Waals surface area contributed by atoms with Gasteiger partial charge in [-0.25, -0.2) is 14.5 Å². The highest BCUT2D eigenvalue weighted by molar-refractivity contribution is 5.97. The van der Waals surface area contributed by atoms with Gasteiger partial charge in [-0.1, -0.05) is 30.3 Å². The molecule has 1 amide bonds. The van der Waals surface area contributed by atoms with Crippen LogP contribution in [-0.2, 0) is 14.3 Å². The van der Waals surface area contributed by atoms with E-state index in [9.17, 15) is 9.59 Å². The van der Waals surface area contributed by atoms with Crippen LogP contribution in [0.4, 0.5) is 16.2 Å². The van der Waals surface area contributed by atoms with Crippen LogP contribution in [0.5, 0.6) is 5.75 Å². The zero-order valence-corrected chi connectivity index (χ0v) is 17.7. The predicted molar refractivity (Wildman–Crippen MR) is 117 cm³/mol. The largest absolute Gasteiger partial charge is 0.495 e. The average Bonchev–Trinajstić information content (AvgIpc) is 2.79. The first-order chi connectivity index (χ1) is 15.1. The summed E-state index contributed by atoms with van der Waals surface area (Å²) in [6.07, 6.45) is 3.29.